The summed E-state index contributed by atoms with van der Waals surface area (Å²) in [5.74, 6) is 0.202. The van der Waals surface area contributed by atoms with Gasteiger partial charge in [0.25, 0.3) is 0 Å². The smallest absolute Gasteiger partial charge is 0.306 e. The quantitative estimate of drug-likeness (QED) is 0.352. The van der Waals surface area contributed by atoms with Crippen LogP contribution in [0.2, 0.25) is 0 Å². The standard InChI is InChI=1S/C27H24N4O3S/c32-25(18-9-10-18)30-26-29-22-12-11-20(16-24(22)35-26)19-7-4-8-21(15-19)28-27(33)31-23(13-14-34-31)17-5-2-1-3-6-17/h1-8,11-12,15-16,18,23H,9-10,13-14H2,(H,28,33)(H,29,30,32). The second-order valence-corrected chi connectivity index (χ2v) is 9.88. The number of rotatable bonds is 5. The summed E-state index contributed by atoms with van der Waals surface area (Å²) in [5, 5.41) is 7.97. The largest absolute Gasteiger partial charge is 0.346 e. The van der Waals surface area contributed by atoms with E-state index in [0.29, 0.717) is 17.4 Å². The highest BCUT2D eigenvalue weighted by Gasteiger charge is 2.32. The molecular formula is C27H24N4O3S. The van der Waals surface area contributed by atoms with Gasteiger partial charge in [-0.15, -0.1) is 0 Å². The number of hydroxylamine groups is 2. The first-order chi connectivity index (χ1) is 17.1. The number of fused-ring (bicyclic) bond motifs is 1. The average molecular weight is 485 g/mol. The van der Waals surface area contributed by atoms with Crippen molar-refractivity contribution in [2.45, 2.75) is 25.3 Å². The van der Waals surface area contributed by atoms with E-state index in [1.54, 1.807) is 0 Å². The summed E-state index contributed by atoms with van der Waals surface area (Å²) in [7, 11) is 0. The molecule has 4 aromatic rings. The van der Waals surface area contributed by atoms with Gasteiger partial charge < -0.3 is 10.6 Å². The van der Waals surface area contributed by atoms with E-state index in [1.807, 2.05) is 66.7 Å². The van der Waals surface area contributed by atoms with Crippen molar-refractivity contribution in [1.29, 1.82) is 0 Å². The molecule has 0 radical (unpaired) electrons. The van der Waals surface area contributed by atoms with E-state index in [2.05, 4.69) is 21.7 Å². The highest BCUT2D eigenvalue weighted by atomic mass is 32.1. The van der Waals surface area contributed by atoms with E-state index in [0.717, 1.165) is 46.2 Å². The molecule has 0 bridgehead atoms. The number of benzene rings is 3. The maximum atomic E-state index is 13.0. The molecule has 7 nitrogen and oxygen atoms in total. The van der Waals surface area contributed by atoms with Crippen molar-refractivity contribution in [1.82, 2.24) is 10.0 Å². The van der Waals surface area contributed by atoms with E-state index >= 15 is 0 Å². The van der Waals surface area contributed by atoms with E-state index in [9.17, 15) is 9.59 Å². The van der Waals surface area contributed by atoms with Crippen molar-refractivity contribution < 1.29 is 14.4 Å². The molecule has 8 heteroatoms. The highest BCUT2D eigenvalue weighted by Crippen LogP contribution is 2.35. The predicted molar refractivity (Wildman–Crippen MR) is 137 cm³/mol. The Morgan fingerprint density at radius 2 is 1.74 bits per heavy atom. The molecule has 2 fully saturated rings. The molecule has 0 spiro atoms. The summed E-state index contributed by atoms with van der Waals surface area (Å²) in [5.41, 5.74) is 4.59. The zero-order chi connectivity index (χ0) is 23.8. The number of anilines is 2. The number of carbonyl (C=O) groups excluding carboxylic acids is 2. The van der Waals surface area contributed by atoms with E-state index in [-0.39, 0.29) is 23.9 Å². The van der Waals surface area contributed by atoms with Crippen LogP contribution >= 0.6 is 11.3 Å². The topological polar surface area (TPSA) is 83.6 Å². The number of nitrogens with one attached hydrogen (secondary N) is 2. The lowest BCUT2D eigenvalue weighted by Crippen LogP contribution is -2.33. The van der Waals surface area contributed by atoms with Gasteiger partial charge in [0.05, 0.1) is 22.9 Å². The molecule has 1 aromatic heterocycles. The van der Waals surface area contributed by atoms with Gasteiger partial charge in [0.1, 0.15) is 0 Å². The van der Waals surface area contributed by atoms with Crippen molar-refractivity contribution in [3.63, 3.8) is 0 Å². The Morgan fingerprint density at radius 3 is 2.57 bits per heavy atom. The van der Waals surface area contributed by atoms with Crippen LogP contribution in [0, 0.1) is 5.92 Å². The monoisotopic (exact) mass is 484 g/mol. The van der Waals surface area contributed by atoms with Crippen molar-refractivity contribution >= 4 is 44.3 Å². The zero-order valence-corrected chi connectivity index (χ0v) is 19.8. The fourth-order valence-corrected chi connectivity index (χ4v) is 5.22. The van der Waals surface area contributed by atoms with Crippen LogP contribution in [0.1, 0.15) is 30.9 Å². The maximum absolute atomic E-state index is 13.0. The Labute approximate surface area is 206 Å². The zero-order valence-electron chi connectivity index (χ0n) is 18.9. The third kappa shape index (κ3) is 4.62. The Balaban J connectivity index is 1.19. The summed E-state index contributed by atoms with van der Waals surface area (Å²) in [4.78, 5) is 35.3. The molecule has 1 unspecified atom stereocenters. The van der Waals surface area contributed by atoms with Crippen LogP contribution in [0.4, 0.5) is 15.6 Å². The molecule has 1 saturated heterocycles. The number of amides is 3. The summed E-state index contributed by atoms with van der Waals surface area (Å²) in [6.07, 6.45) is 2.69. The first-order valence-corrected chi connectivity index (χ1v) is 12.6. The average Bonchev–Trinajstić information content (AvgIpc) is 3.48. The second-order valence-electron chi connectivity index (χ2n) is 8.85. The minimum atomic E-state index is -0.289. The molecule has 1 saturated carbocycles. The highest BCUT2D eigenvalue weighted by molar-refractivity contribution is 7.22. The van der Waals surface area contributed by atoms with E-state index in [1.165, 1.54) is 16.4 Å². The minimum Gasteiger partial charge on any atom is -0.306 e. The molecular weight excluding hydrogens is 460 g/mol. The van der Waals surface area contributed by atoms with Gasteiger partial charge in [-0.25, -0.2) is 9.78 Å². The predicted octanol–water partition coefficient (Wildman–Crippen LogP) is 6.22. The Kier molecular flexibility index (Phi) is 5.67. The summed E-state index contributed by atoms with van der Waals surface area (Å²) in [6.45, 7) is 0.505. The maximum Gasteiger partial charge on any atom is 0.346 e. The van der Waals surface area contributed by atoms with Gasteiger partial charge in [-0.2, -0.15) is 5.06 Å². The SMILES string of the molecule is O=C(Nc1nc2ccc(-c3cccc(NC(=O)N4OCCC4c4ccccc4)c3)cc2s1)C1CC1. The Hall–Kier alpha value is -3.75. The van der Waals surface area contributed by atoms with E-state index in [4.69, 9.17) is 4.84 Å². The fraction of sp³-hybridized carbons (Fsp3) is 0.222. The van der Waals surface area contributed by atoms with E-state index < -0.39 is 0 Å². The van der Waals surface area contributed by atoms with Crippen LogP contribution in [0.25, 0.3) is 21.3 Å². The van der Waals surface area contributed by atoms with Crippen LogP contribution in [0.3, 0.4) is 0 Å². The number of hydrogen-bond donors (Lipinski definition) is 2. The van der Waals surface area contributed by atoms with Crippen LogP contribution < -0.4 is 10.6 Å². The van der Waals surface area contributed by atoms with Crippen molar-refractivity contribution in [3.8, 4) is 11.1 Å². The van der Waals surface area contributed by atoms with Crippen molar-refractivity contribution in [2.75, 3.05) is 17.2 Å². The van der Waals surface area contributed by atoms with Gasteiger partial charge in [-0.3, -0.25) is 9.63 Å². The molecule has 2 heterocycles. The third-order valence-corrected chi connectivity index (χ3v) is 7.24. The fourth-order valence-electron chi connectivity index (χ4n) is 4.31. The lowest BCUT2D eigenvalue weighted by atomic mass is 10.0. The normalized spacial score (nSPS) is 17.5. The molecule has 1 aliphatic heterocycles. The van der Waals surface area contributed by atoms with Gasteiger partial charge >= 0.3 is 6.03 Å². The molecule has 2 N–H and O–H groups in total. The molecule has 3 amide bonds. The van der Waals surface area contributed by atoms with Crippen LogP contribution in [0.15, 0.2) is 72.8 Å². The van der Waals surface area contributed by atoms with Gasteiger partial charge in [0.2, 0.25) is 5.91 Å². The number of thiazole rings is 1. The van der Waals surface area contributed by atoms with Crippen molar-refractivity contribution in [2.24, 2.45) is 5.92 Å². The molecule has 6 rings (SSSR count). The molecule has 2 aliphatic rings. The molecule has 1 aliphatic carbocycles. The van der Waals surface area contributed by atoms with Gasteiger partial charge in [0.15, 0.2) is 5.13 Å². The molecule has 176 valence electrons. The number of carbonyl (C=O) groups is 2. The number of nitrogens with zero attached hydrogens (tertiary/aromatic N) is 2. The summed E-state index contributed by atoms with van der Waals surface area (Å²) >= 11 is 1.47. The molecule has 35 heavy (non-hydrogen) atoms. The van der Waals surface area contributed by atoms with Crippen LogP contribution in [-0.4, -0.2) is 28.6 Å². The molecule has 3 aromatic carbocycles. The summed E-state index contributed by atoms with van der Waals surface area (Å²) in [6, 6.07) is 23.3. The minimum absolute atomic E-state index is 0.0595. The summed E-state index contributed by atoms with van der Waals surface area (Å²) < 4.78 is 0.999. The third-order valence-electron chi connectivity index (χ3n) is 6.30. The van der Waals surface area contributed by atoms with Crippen molar-refractivity contribution in [3.05, 3.63) is 78.4 Å². The number of aromatic nitrogens is 1. The Morgan fingerprint density at radius 1 is 0.914 bits per heavy atom. The van der Waals surface area contributed by atoms with Crippen LogP contribution in [-0.2, 0) is 9.63 Å². The van der Waals surface area contributed by atoms with Gasteiger partial charge in [0, 0.05) is 18.0 Å². The number of hydrogen-bond acceptors (Lipinski definition) is 5. The lowest BCUT2D eigenvalue weighted by molar-refractivity contribution is -0.117. The first-order valence-electron chi connectivity index (χ1n) is 11.7. The lowest BCUT2D eigenvalue weighted by Gasteiger charge is -2.23. The first kappa shape index (κ1) is 21.8. The van der Waals surface area contributed by atoms with Gasteiger partial charge in [-0.1, -0.05) is 59.9 Å². The number of urea groups is 1. The second kappa shape index (κ2) is 9.13. The van der Waals surface area contributed by atoms with Gasteiger partial charge in [-0.05, 0) is 53.8 Å². The molecule has 1 atom stereocenters. The van der Waals surface area contributed by atoms with Crippen LogP contribution in [0.5, 0.6) is 0 Å². The Bertz CT molecular complexity index is 1400.